The number of nitrogens with zero attached hydrogens (tertiary/aromatic N) is 1. The standard InChI is InChI=1S/C16H18N2O5/c1-4-13-15(10(2)23-18-13)16(20)22-9-14(19)17-11-6-5-7-12(8-11)21-3/h5-8H,4,9H2,1-3H3,(H,17,19). The molecule has 0 unspecified atom stereocenters. The first kappa shape index (κ1) is 16.5. The summed E-state index contributed by atoms with van der Waals surface area (Å²) in [6.07, 6.45) is 0.539. The molecule has 1 aromatic heterocycles. The van der Waals surface area contributed by atoms with E-state index >= 15 is 0 Å². The Hall–Kier alpha value is -2.83. The second kappa shape index (κ2) is 7.44. The van der Waals surface area contributed by atoms with Crippen molar-refractivity contribution in [2.24, 2.45) is 0 Å². The predicted octanol–water partition coefficient (Wildman–Crippen LogP) is 2.35. The number of ether oxygens (including phenoxy) is 2. The average molecular weight is 318 g/mol. The van der Waals surface area contributed by atoms with E-state index in [0.29, 0.717) is 29.3 Å². The van der Waals surface area contributed by atoms with Crippen LogP contribution in [0.3, 0.4) is 0 Å². The van der Waals surface area contributed by atoms with E-state index in [2.05, 4.69) is 10.5 Å². The fraction of sp³-hybridized carbons (Fsp3) is 0.312. The van der Waals surface area contributed by atoms with Crippen LogP contribution < -0.4 is 10.1 Å². The number of aryl methyl sites for hydroxylation is 2. The highest BCUT2D eigenvalue weighted by atomic mass is 16.5. The van der Waals surface area contributed by atoms with E-state index in [0.717, 1.165) is 0 Å². The number of esters is 1. The molecule has 1 amide bonds. The lowest BCUT2D eigenvalue weighted by molar-refractivity contribution is -0.119. The van der Waals surface area contributed by atoms with Crippen LogP contribution in [0.2, 0.25) is 0 Å². The molecule has 0 bridgehead atoms. The van der Waals surface area contributed by atoms with Crippen molar-refractivity contribution in [2.45, 2.75) is 20.3 Å². The number of amides is 1. The first-order valence-electron chi connectivity index (χ1n) is 7.11. The Morgan fingerprint density at radius 1 is 1.35 bits per heavy atom. The normalized spacial score (nSPS) is 10.2. The summed E-state index contributed by atoms with van der Waals surface area (Å²) < 4.78 is 15.1. The minimum atomic E-state index is -0.624. The number of rotatable bonds is 6. The van der Waals surface area contributed by atoms with E-state index in [4.69, 9.17) is 14.0 Å². The molecule has 2 rings (SSSR count). The van der Waals surface area contributed by atoms with Gasteiger partial charge in [0.15, 0.2) is 6.61 Å². The van der Waals surface area contributed by atoms with E-state index < -0.39 is 18.5 Å². The fourth-order valence-electron chi connectivity index (χ4n) is 2.02. The van der Waals surface area contributed by atoms with Crippen LogP contribution >= 0.6 is 0 Å². The van der Waals surface area contributed by atoms with Gasteiger partial charge in [-0.05, 0) is 25.5 Å². The van der Waals surface area contributed by atoms with Gasteiger partial charge in [-0.1, -0.05) is 18.1 Å². The molecule has 0 saturated heterocycles. The van der Waals surface area contributed by atoms with Gasteiger partial charge in [0.2, 0.25) is 0 Å². The highest BCUT2D eigenvalue weighted by molar-refractivity contribution is 5.96. The van der Waals surface area contributed by atoms with E-state index in [1.54, 1.807) is 31.2 Å². The molecule has 0 atom stereocenters. The molecule has 1 N–H and O–H groups in total. The molecule has 0 aliphatic rings. The quantitative estimate of drug-likeness (QED) is 0.822. The van der Waals surface area contributed by atoms with E-state index in [1.165, 1.54) is 7.11 Å². The molecule has 0 fully saturated rings. The van der Waals surface area contributed by atoms with Gasteiger partial charge in [-0.2, -0.15) is 0 Å². The zero-order chi connectivity index (χ0) is 16.8. The van der Waals surface area contributed by atoms with Crippen LogP contribution in [0.25, 0.3) is 0 Å². The lowest BCUT2D eigenvalue weighted by Crippen LogP contribution is -2.21. The van der Waals surface area contributed by atoms with Gasteiger partial charge in [0.05, 0.1) is 12.8 Å². The summed E-state index contributed by atoms with van der Waals surface area (Å²) in [5.41, 5.74) is 1.35. The van der Waals surface area contributed by atoms with Gasteiger partial charge in [-0.25, -0.2) is 4.79 Å². The number of benzene rings is 1. The number of carbonyl (C=O) groups is 2. The van der Waals surface area contributed by atoms with Gasteiger partial charge < -0.3 is 19.3 Å². The Morgan fingerprint density at radius 2 is 2.13 bits per heavy atom. The van der Waals surface area contributed by atoms with Crippen molar-refractivity contribution in [1.29, 1.82) is 0 Å². The number of anilines is 1. The molecule has 0 spiro atoms. The number of nitrogens with one attached hydrogen (secondary N) is 1. The monoisotopic (exact) mass is 318 g/mol. The molecule has 1 aromatic carbocycles. The van der Waals surface area contributed by atoms with E-state index in [9.17, 15) is 9.59 Å². The van der Waals surface area contributed by atoms with Crippen LogP contribution in [0.4, 0.5) is 5.69 Å². The zero-order valence-electron chi connectivity index (χ0n) is 13.2. The summed E-state index contributed by atoms with van der Waals surface area (Å²) >= 11 is 0. The van der Waals surface area contributed by atoms with Crippen LogP contribution in [-0.4, -0.2) is 30.7 Å². The summed E-state index contributed by atoms with van der Waals surface area (Å²) in [6, 6.07) is 6.88. The maximum atomic E-state index is 12.0. The molecular weight excluding hydrogens is 300 g/mol. The lowest BCUT2D eigenvalue weighted by Gasteiger charge is -2.08. The summed E-state index contributed by atoms with van der Waals surface area (Å²) in [7, 11) is 1.54. The van der Waals surface area contributed by atoms with Crippen LogP contribution in [0, 0.1) is 6.92 Å². The molecule has 122 valence electrons. The first-order valence-corrected chi connectivity index (χ1v) is 7.11. The van der Waals surface area contributed by atoms with Crippen molar-refractivity contribution in [3.8, 4) is 5.75 Å². The number of methoxy groups -OCH3 is 1. The maximum Gasteiger partial charge on any atom is 0.344 e. The maximum absolute atomic E-state index is 12.0. The minimum Gasteiger partial charge on any atom is -0.497 e. The van der Waals surface area contributed by atoms with Gasteiger partial charge in [0.1, 0.15) is 17.1 Å². The molecular formula is C16H18N2O5. The predicted molar refractivity (Wildman–Crippen MR) is 82.5 cm³/mol. The topological polar surface area (TPSA) is 90.7 Å². The van der Waals surface area contributed by atoms with Crippen molar-refractivity contribution in [1.82, 2.24) is 5.16 Å². The second-order valence-electron chi connectivity index (χ2n) is 4.77. The molecule has 7 nitrogen and oxygen atoms in total. The first-order chi connectivity index (χ1) is 11.0. The van der Waals surface area contributed by atoms with Gasteiger partial charge in [-0.15, -0.1) is 0 Å². The number of hydrogen-bond donors (Lipinski definition) is 1. The van der Waals surface area contributed by atoms with Gasteiger partial charge in [0, 0.05) is 11.8 Å². The van der Waals surface area contributed by atoms with Crippen molar-refractivity contribution in [3.63, 3.8) is 0 Å². The summed E-state index contributed by atoms with van der Waals surface area (Å²) in [5.74, 6) is -0.0762. The molecule has 7 heteroatoms. The average Bonchev–Trinajstić information content (AvgIpc) is 2.93. The van der Waals surface area contributed by atoms with Crippen molar-refractivity contribution in [3.05, 3.63) is 41.3 Å². The number of aromatic nitrogens is 1. The lowest BCUT2D eigenvalue weighted by atomic mass is 10.1. The largest absolute Gasteiger partial charge is 0.497 e. The number of carbonyl (C=O) groups excluding carboxylic acids is 2. The molecule has 2 aromatic rings. The minimum absolute atomic E-state index is 0.279. The summed E-state index contributed by atoms with van der Waals surface area (Å²) in [4.78, 5) is 23.9. The molecule has 0 aliphatic heterocycles. The Bertz CT molecular complexity index is 708. The molecule has 23 heavy (non-hydrogen) atoms. The van der Waals surface area contributed by atoms with Gasteiger partial charge >= 0.3 is 5.97 Å². The van der Waals surface area contributed by atoms with Crippen LogP contribution in [0.15, 0.2) is 28.8 Å². The molecule has 0 saturated carbocycles. The number of hydrogen-bond acceptors (Lipinski definition) is 6. The third-order valence-electron chi connectivity index (χ3n) is 3.16. The highest BCUT2D eigenvalue weighted by Gasteiger charge is 2.21. The van der Waals surface area contributed by atoms with Crippen LogP contribution in [-0.2, 0) is 16.0 Å². The van der Waals surface area contributed by atoms with Crippen LogP contribution in [0.1, 0.15) is 28.7 Å². The molecule has 1 heterocycles. The zero-order valence-corrected chi connectivity index (χ0v) is 13.2. The van der Waals surface area contributed by atoms with Crippen molar-refractivity contribution >= 4 is 17.6 Å². The Morgan fingerprint density at radius 3 is 2.83 bits per heavy atom. The van der Waals surface area contributed by atoms with Crippen molar-refractivity contribution in [2.75, 3.05) is 19.0 Å². The van der Waals surface area contributed by atoms with Gasteiger partial charge in [0.25, 0.3) is 5.91 Å². The molecule has 0 aliphatic carbocycles. The van der Waals surface area contributed by atoms with Crippen molar-refractivity contribution < 1.29 is 23.6 Å². The second-order valence-corrected chi connectivity index (χ2v) is 4.77. The third-order valence-corrected chi connectivity index (χ3v) is 3.16. The van der Waals surface area contributed by atoms with E-state index in [1.807, 2.05) is 6.92 Å². The smallest absolute Gasteiger partial charge is 0.344 e. The van der Waals surface area contributed by atoms with E-state index in [-0.39, 0.29) is 5.56 Å². The molecule has 0 radical (unpaired) electrons. The summed E-state index contributed by atoms with van der Waals surface area (Å²) in [5, 5.41) is 6.40. The SMILES string of the molecule is CCc1noc(C)c1C(=O)OCC(=O)Nc1cccc(OC)c1. The third kappa shape index (κ3) is 4.09. The van der Waals surface area contributed by atoms with Crippen LogP contribution in [0.5, 0.6) is 5.75 Å². The fourth-order valence-corrected chi connectivity index (χ4v) is 2.02. The summed E-state index contributed by atoms with van der Waals surface area (Å²) in [6.45, 7) is 3.08. The Kier molecular flexibility index (Phi) is 5.35. The van der Waals surface area contributed by atoms with Gasteiger partial charge in [-0.3, -0.25) is 4.79 Å². The Balaban J connectivity index is 1.93. The Labute approximate surface area is 133 Å². The highest BCUT2D eigenvalue weighted by Crippen LogP contribution is 2.17.